The summed E-state index contributed by atoms with van der Waals surface area (Å²) < 4.78 is 15.6. The van der Waals surface area contributed by atoms with Gasteiger partial charge in [-0.15, -0.1) is 11.3 Å². The number of halogens is 1. The molecule has 5 N–H and O–H groups in total. The first-order valence-corrected chi connectivity index (χ1v) is 15.0. The Bertz CT molecular complexity index is 1780. The number of hydrogen-bond acceptors (Lipinski definition) is 8. The molecule has 2 aliphatic rings. The lowest BCUT2D eigenvalue weighted by Crippen LogP contribution is -2.30. The van der Waals surface area contributed by atoms with Crippen LogP contribution < -0.4 is 16.0 Å². The molecule has 2 aromatic carbocycles. The van der Waals surface area contributed by atoms with Crippen LogP contribution in [0.2, 0.25) is 0 Å². The summed E-state index contributed by atoms with van der Waals surface area (Å²) in [5.41, 5.74) is 6.97. The summed E-state index contributed by atoms with van der Waals surface area (Å²) in [6, 6.07) is 12.5. The molecule has 1 aliphatic heterocycles. The van der Waals surface area contributed by atoms with Crippen molar-refractivity contribution in [3.8, 4) is 10.4 Å². The number of hydrogen-bond donors (Lipinski definition) is 4. The third-order valence-corrected chi connectivity index (χ3v) is 9.21. The second kappa shape index (κ2) is 11.2. The number of nitrogens with one attached hydrogen (secondary N) is 2. The minimum atomic E-state index is -0.254. The van der Waals surface area contributed by atoms with Crippen LogP contribution in [0.1, 0.15) is 28.8 Å². The van der Waals surface area contributed by atoms with E-state index in [-0.39, 0.29) is 11.9 Å². The van der Waals surface area contributed by atoms with Crippen molar-refractivity contribution < 1.29 is 14.9 Å². The summed E-state index contributed by atoms with van der Waals surface area (Å²) in [7, 11) is 0. The minimum absolute atomic E-state index is 0.206. The number of nitrogens with zero attached hydrogens (tertiary/aromatic N) is 5. The fourth-order valence-corrected chi connectivity index (χ4v) is 7.14. The highest BCUT2D eigenvalue weighted by molar-refractivity contribution is 7.22. The van der Waals surface area contributed by atoms with Gasteiger partial charge >= 0.3 is 0 Å². The molecule has 0 radical (unpaired) electrons. The highest BCUT2D eigenvalue weighted by Crippen LogP contribution is 2.45. The van der Waals surface area contributed by atoms with Crippen LogP contribution in [0.4, 0.5) is 21.6 Å². The van der Waals surface area contributed by atoms with Crippen molar-refractivity contribution in [2.24, 2.45) is 0 Å². The zero-order valence-electron chi connectivity index (χ0n) is 23.1. The molecule has 0 amide bonds. The summed E-state index contributed by atoms with van der Waals surface area (Å²) in [6.07, 6.45) is 7.72. The van der Waals surface area contributed by atoms with Gasteiger partial charge < -0.3 is 15.7 Å². The third kappa shape index (κ3) is 5.26. The molecular weight excluding hydrogens is 551 g/mol. The Morgan fingerprint density at radius 1 is 1.14 bits per heavy atom. The minimum Gasteiger partial charge on any atom is -0.392 e. The number of aromatic nitrogens is 4. The van der Waals surface area contributed by atoms with E-state index in [1.165, 1.54) is 28.1 Å². The molecule has 1 fully saturated rings. The maximum atomic E-state index is 13.6. The second-order valence-corrected chi connectivity index (χ2v) is 11.9. The van der Waals surface area contributed by atoms with E-state index >= 15 is 0 Å². The molecule has 1 aliphatic carbocycles. The first-order chi connectivity index (χ1) is 20.5. The molecule has 7 rings (SSSR count). The monoisotopic (exact) mass is 583 g/mol. The lowest BCUT2D eigenvalue weighted by Gasteiger charge is -2.14. The summed E-state index contributed by atoms with van der Waals surface area (Å²) >= 11 is 1.69. The average Bonchev–Trinajstić information content (AvgIpc) is 3.71. The van der Waals surface area contributed by atoms with E-state index in [0.29, 0.717) is 6.54 Å². The van der Waals surface area contributed by atoms with Crippen molar-refractivity contribution in [3.63, 3.8) is 0 Å². The Morgan fingerprint density at radius 2 is 2.07 bits per heavy atom. The number of rotatable bonds is 9. The van der Waals surface area contributed by atoms with Gasteiger partial charge in [-0.05, 0) is 60.7 Å². The van der Waals surface area contributed by atoms with Crippen LogP contribution >= 0.6 is 11.3 Å². The van der Waals surface area contributed by atoms with Crippen LogP contribution in [-0.2, 0) is 25.9 Å². The molecule has 5 aromatic rings. The third-order valence-electron chi connectivity index (χ3n) is 8.04. The Kier molecular flexibility index (Phi) is 7.14. The molecule has 4 heterocycles. The molecule has 9 nitrogen and oxygen atoms in total. The zero-order chi connectivity index (χ0) is 28.6. The lowest BCUT2D eigenvalue weighted by atomic mass is 9.95. The lowest BCUT2D eigenvalue weighted by molar-refractivity contribution is -0.104. The number of benzene rings is 2. The smallest absolute Gasteiger partial charge is 0.169 e. The number of aliphatic hydroxyl groups excluding tert-OH is 1. The van der Waals surface area contributed by atoms with E-state index in [4.69, 9.17) is 10.5 Å². The number of anilines is 3. The molecule has 1 saturated heterocycles. The SMILES string of the molecule is [NH2+]=Cc1cc(Nc2ncnc3sc4c(c23)CCc2nn(CCN3CCC(O)C3)cc2-4)ccc1NCc1cccc(F)c1. The van der Waals surface area contributed by atoms with Gasteiger partial charge in [0.05, 0.1) is 29.3 Å². The maximum Gasteiger partial charge on any atom is 0.169 e. The second-order valence-electron chi connectivity index (χ2n) is 10.9. The van der Waals surface area contributed by atoms with Gasteiger partial charge in [0.25, 0.3) is 0 Å². The van der Waals surface area contributed by atoms with Crippen molar-refractivity contribution >= 4 is 45.0 Å². The molecule has 0 saturated carbocycles. The van der Waals surface area contributed by atoms with Crippen molar-refractivity contribution in [3.05, 3.63) is 83.2 Å². The number of fused-ring (bicyclic) bond motifs is 5. The maximum absolute atomic E-state index is 13.6. The summed E-state index contributed by atoms with van der Waals surface area (Å²) in [5, 5.41) is 28.6. The molecule has 214 valence electrons. The fourth-order valence-electron chi connectivity index (χ4n) is 5.91. The molecule has 0 bridgehead atoms. The van der Waals surface area contributed by atoms with E-state index in [9.17, 15) is 9.50 Å². The summed E-state index contributed by atoms with van der Waals surface area (Å²) in [5.74, 6) is 0.514. The number of β-amino-alcohol motifs (C(OH)–C–C–N with tert-alkyl or cyclic N) is 1. The number of likely N-dealkylation sites (tertiary alicyclic amines) is 1. The first-order valence-electron chi connectivity index (χ1n) is 14.2. The fraction of sp³-hybridized carbons (Fsp3) is 0.290. The largest absolute Gasteiger partial charge is 0.392 e. The Morgan fingerprint density at radius 3 is 2.90 bits per heavy atom. The van der Waals surface area contributed by atoms with E-state index in [0.717, 1.165) is 89.7 Å². The number of thiophene rings is 1. The van der Waals surface area contributed by atoms with Gasteiger partial charge in [0, 0.05) is 54.2 Å². The molecule has 3 aromatic heterocycles. The topological polar surface area (TPSA) is 117 Å². The molecule has 1 unspecified atom stereocenters. The van der Waals surface area contributed by atoms with Crippen molar-refractivity contribution in [1.82, 2.24) is 24.6 Å². The molecule has 42 heavy (non-hydrogen) atoms. The predicted octanol–water partition coefficient (Wildman–Crippen LogP) is 3.39. The van der Waals surface area contributed by atoms with E-state index in [2.05, 4.69) is 36.4 Å². The highest BCUT2D eigenvalue weighted by atomic mass is 32.1. The summed E-state index contributed by atoms with van der Waals surface area (Å²) in [4.78, 5) is 13.7. The molecule has 0 spiro atoms. The van der Waals surface area contributed by atoms with Gasteiger partial charge in [-0.2, -0.15) is 5.10 Å². The van der Waals surface area contributed by atoms with Crippen LogP contribution in [-0.4, -0.2) is 61.7 Å². The number of aliphatic hydroxyl groups is 1. The van der Waals surface area contributed by atoms with Gasteiger partial charge in [-0.1, -0.05) is 12.1 Å². The first kappa shape index (κ1) is 26.7. The Labute approximate surface area is 246 Å². The van der Waals surface area contributed by atoms with Gasteiger partial charge in [-0.3, -0.25) is 15.0 Å². The van der Waals surface area contributed by atoms with Crippen LogP contribution in [0.15, 0.2) is 55.0 Å². The normalized spacial score (nSPS) is 16.4. The van der Waals surface area contributed by atoms with E-state index < -0.39 is 0 Å². The Hall–Kier alpha value is -4.19. The standard InChI is InChI=1S/C31H31FN8OS/c32-21-3-1-2-19(12-21)15-34-26-6-4-22(13-20(26)14-33)37-30-28-24-5-7-27-25(29(24)42-31(28)36-18-35-30)17-40(38-27)11-10-39-9-8-23(41)16-39/h1-4,6,12-14,17-18,23,33-34,41H,5,7-11,15-16H2,(H,35,36,37)/p+1. The number of nitrogens with two attached hydrogens (primary N) is 1. The Balaban J connectivity index is 1.12. The van der Waals surface area contributed by atoms with Crippen LogP contribution in [0.25, 0.3) is 20.7 Å². The van der Waals surface area contributed by atoms with Crippen molar-refractivity contribution in [1.29, 1.82) is 0 Å². The van der Waals surface area contributed by atoms with Gasteiger partial charge in [0.2, 0.25) is 0 Å². The number of aryl methyl sites for hydroxylation is 2. The molecule has 11 heteroatoms. The average molecular weight is 584 g/mol. The highest BCUT2D eigenvalue weighted by Gasteiger charge is 2.27. The van der Waals surface area contributed by atoms with Gasteiger partial charge in [-0.25, -0.2) is 14.4 Å². The quantitative estimate of drug-likeness (QED) is 0.197. The van der Waals surface area contributed by atoms with Crippen LogP contribution in [0, 0.1) is 5.82 Å². The zero-order valence-corrected chi connectivity index (χ0v) is 23.9. The van der Waals surface area contributed by atoms with E-state index in [1.54, 1.807) is 29.9 Å². The van der Waals surface area contributed by atoms with Crippen LogP contribution in [0.5, 0.6) is 0 Å². The predicted molar refractivity (Wildman–Crippen MR) is 164 cm³/mol. The van der Waals surface area contributed by atoms with E-state index in [1.807, 2.05) is 24.3 Å². The van der Waals surface area contributed by atoms with Crippen LogP contribution in [0.3, 0.4) is 0 Å². The van der Waals surface area contributed by atoms with Crippen molar-refractivity contribution in [2.75, 3.05) is 30.3 Å². The molecular formula is C31H32FN8OS+. The van der Waals surface area contributed by atoms with Gasteiger partial charge in [0.15, 0.2) is 6.21 Å². The molecule has 1 atom stereocenters. The summed E-state index contributed by atoms with van der Waals surface area (Å²) in [6.45, 7) is 3.86. The van der Waals surface area contributed by atoms with Crippen molar-refractivity contribution in [2.45, 2.75) is 38.5 Å². The van der Waals surface area contributed by atoms with Gasteiger partial charge in [0.1, 0.15) is 22.8 Å².